The maximum atomic E-state index is 6.78. The van der Waals surface area contributed by atoms with Crippen molar-refractivity contribution in [3.8, 4) is 5.75 Å². The third-order valence-corrected chi connectivity index (χ3v) is 5.50. The van der Waals surface area contributed by atoms with E-state index < -0.39 is 0 Å². The van der Waals surface area contributed by atoms with Crippen LogP contribution < -0.4 is 4.74 Å². The number of rotatable bonds is 3. The Morgan fingerprint density at radius 3 is 2.35 bits per heavy atom. The van der Waals surface area contributed by atoms with Gasteiger partial charge in [-0.1, -0.05) is 43.7 Å². The maximum Gasteiger partial charge on any atom is 0.137 e. The van der Waals surface area contributed by atoms with Crippen LogP contribution in [0.2, 0.25) is 5.02 Å². The second-order valence-corrected chi connectivity index (χ2v) is 7.28. The molecule has 4 heteroatoms. The van der Waals surface area contributed by atoms with E-state index in [0.29, 0.717) is 10.9 Å². The molecule has 1 aromatic rings. The van der Waals surface area contributed by atoms with Crippen molar-refractivity contribution in [2.75, 3.05) is 7.11 Å². The van der Waals surface area contributed by atoms with Crippen molar-refractivity contribution in [2.24, 2.45) is 5.92 Å². The molecule has 1 saturated carbocycles. The van der Waals surface area contributed by atoms with Crippen LogP contribution in [0, 0.1) is 5.92 Å². The molecule has 0 aromatic heterocycles. The number of hydrogen-bond donors (Lipinski definition) is 0. The van der Waals surface area contributed by atoms with Crippen molar-refractivity contribution < 1.29 is 4.74 Å². The van der Waals surface area contributed by atoms with Gasteiger partial charge in [-0.05, 0) is 46.8 Å². The molecule has 1 nitrogen and oxygen atoms in total. The molecular formula is C16H21BrCl2O. The minimum atomic E-state index is -0.0296. The van der Waals surface area contributed by atoms with Crippen molar-refractivity contribution in [1.82, 2.24) is 0 Å². The first kappa shape index (κ1) is 16.5. The predicted octanol–water partition coefficient (Wildman–Crippen LogP) is 6.75. The number of hydrogen-bond acceptors (Lipinski definition) is 1. The Hall–Kier alpha value is 0.0800. The molecule has 0 heterocycles. The number of halogens is 3. The smallest absolute Gasteiger partial charge is 0.137 e. The van der Waals surface area contributed by atoms with Crippen LogP contribution in [0.15, 0.2) is 16.6 Å². The van der Waals surface area contributed by atoms with E-state index in [1.54, 1.807) is 7.11 Å². The van der Waals surface area contributed by atoms with Gasteiger partial charge in [0.2, 0.25) is 0 Å². The summed E-state index contributed by atoms with van der Waals surface area (Å²) in [6, 6.07) is 3.80. The van der Waals surface area contributed by atoms with Crippen molar-refractivity contribution >= 4 is 39.1 Å². The van der Waals surface area contributed by atoms with Gasteiger partial charge >= 0.3 is 0 Å². The molecule has 20 heavy (non-hydrogen) atoms. The summed E-state index contributed by atoms with van der Waals surface area (Å²) in [5.74, 6) is 1.33. The van der Waals surface area contributed by atoms with Crippen LogP contribution in [-0.2, 0) is 0 Å². The summed E-state index contributed by atoms with van der Waals surface area (Å²) in [6.45, 7) is 0. The summed E-state index contributed by atoms with van der Waals surface area (Å²) in [5, 5.41) is 0.669. The molecular weight excluding hydrogens is 359 g/mol. The fourth-order valence-corrected chi connectivity index (χ4v) is 4.44. The van der Waals surface area contributed by atoms with E-state index in [-0.39, 0.29) is 5.38 Å². The standard InChI is InChI=1S/C16H21BrCl2O/c1-20-16-13(9-12(18)10-14(16)17)15(19)11-7-5-3-2-4-6-8-11/h9-11,15H,2-8H2,1H3. The fraction of sp³-hybridized carbons (Fsp3) is 0.625. The SMILES string of the molecule is COc1c(Br)cc(Cl)cc1C(Cl)C1CCCCCCC1. The maximum absolute atomic E-state index is 6.78. The molecule has 0 radical (unpaired) electrons. The lowest BCUT2D eigenvalue weighted by molar-refractivity contribution is 0.356. The Kier molecular flexibility index (Phi) is 6.51. The highest BCUT2D eigenvalue weighted by Crippen LogP contribution is 2.44. The van der Waals surface area contributed by atoms with Crippen molar-refractivity contribution in [2.45, 2.75) is 50.3 Å². The van der Waals surface area contributed by atoms with Gasteiger partial charge in [0.1, 0.15) is 5.75 Å². The van der Waals surface area contributed by atoms with Crippen molar-refractivity contribution in [1.29, 1.82) is 0 Å². The highest BCUT2D eigenvalue weighted by molar-refractivity contribution is 9.10. The van der Waals surface area contributed by atoms with Gasteiger partial charge < -0.3 is 4.74 Å². The average Bonchev–Trinajstić information content (AvgIpc) is 2.36. The first-order valence-corrected chi connectivity index (χ1v) is 8.91. The topological polar surface area (TPSA) is 9.23 Å². The Bertz CT molecular complexity index is 442. The molecule has 0 N–H and O–H groups in total. The second-order valence-electron chi connectivity index (χ2n) is 5.52. The van der Waals surface area contributed by atoms with Crippen molar-refractivity contribution in [3.05, 3.63) is 27.2 Å². The van der Waals surface area contributed by atoms with Crippen LogP contribution in [0.1, 0.15) is 55.9 Å². The van der Waals surface area contributed by atoms with E-state index in [2.05, 4.69) is 15.9 Å². The lowest BCUT2D eigenvalue weighted by Gasteiger charge is -2.26. The Morgan fingerprint density at radius 2 is 1.75 bits per heavy atom. The highest BCUT2D eigenvalue weighted by Gasteiger charge is 2.25. The van der Waals surface area contributed by atoms with Gasteiger partial charge in [-0.25, -0.2) is 0 Å². The van der Waals surface area contributed by atoms with Gasteiger partial charge in [-0.2, -0.15) is 0 Å². The van der Waals surface area contributed by atoms with Gasteiger partial charge in [0, 0.05) is 10.6 Å². The zero-order valence-electron chi connectivity index (χ0n) is 11.8. The first-order chi connectivity index (χ1) is 9.63. The van der Waals surface area contributed by atoms with Crippen LogP contribution >= 0.6 is 39.1 Å². The normalized spacial score (nSPS) is 19.2. The molecule has 0 bridgehead atoms. The first-order valence-electron chi connectivity index (χ1n) is 7.30. The molecule has 1 aromatic carbocycles. The largest absolute Gasteiger partial charge is 0.495 e. The van der Waals surface area contributed by atoms with Crippen LogP contribution in [-0.4, -0.2) is 7.11 Å². The highest BCUT2D eigenvalue weighted by atomic mass is 79.9. The Morgan fingerprint density at radius 1 is 1.15 bits per heavy atom. The zero-order chi connectivity index (χ0) is 14.5. The van der Waals surface area contributed by atoms with E-state index in [1.165, 1.54) is 44.9 Å². The van der Waals surface area contributed by atoms with Gasteiger partial charge in [0.15, 0.2) is 0 Å². The third-order valence-electron chi connectivity index (χ3n) is 4.10. The van der Waals surface area contributed by atoms with Crippen molar-refractivity contribution in [3.63, 3.8) is 0 Å². The summed E-state index contributed by atoms with van der Waals surface area (Å²) in [7, 11) is 1.68. The molecule has 1 fully saturated rings. The van der Waals surface area contributed by atoms with E-state index in [1.807, 2.05) is 12.1 Å². The fourth-order valence-electron chi connectivity index (χ4n) is 3.03. The predicted molar refractivity (Wildman–Crippen MR) is 90.1 cm³/mol. The summed E-state index contributed by atoms with van der Waals surface area (Å²) in [6.07, 6.45) is 8.97. The van der Waals surface area contributed by atoms with Gasteiger partial charge in [-0.3, -0.25) is 0 Å². The van der Waals surface area contributed by atoms with Gasteiger partial charge in [-0.15, -0.1) is 11.6 Å². The minimum absolute atomic E-state index is 0.0296. The quantitative estimate of drug-likeness (QED) is 0.527. The molecule has 112 valence electrons. The summed E-state index contributed by atoms with van der Waals surface area (Å²) >= 11 is 16.5. The summed E-state index contributed by atoms with van der Waals surface area (Å²) < 4.78 is 6.38. The molecule has 0 amide bonds. The van der Waals surface area contributed by atoms with E-state index in [9.17, 15) is 0 Å². The summed E-state index contributed by atoms with van der Waals surface area (Å²) in [4.78, 5) is 0. The lowest BCUT2D eigenvalue weighted by atomic mass is 9.86. The molecule has 1 unspecified atom stereocenters. The van der Waals surface area contributed by atoms with Crippen LogP contribution in [0.4, 0.5) is 0 Å². The molecule has 0 saturated heterocycles. The molecule has 2 rings (SSSR count). The number of methoxy groups -OCH3 is 1. The summed E-state index contributed by atoms with van der Waals surface area (Å²) in [5.41, 5.74) is 1.01. The number of alkyl halides is 1. The monoisotopic (exact) mass is 378 g/mol. The minimum Gasteiger partial charge on any atom is -0.495 e. The second kappa shape index (κ2) is 7.91. The average molecular weight is 380 g/mol. The number of ether oxygens (including phenoxy) is 1. The van der Waals surface area contributed by atoms with E-state index in [4.69, 9.17) is 27.9 Å². The number of benzene rings is 1. The van der Waals surface area contributed by atoms with Crippen LogP contribution in [0.5, 0.6) is 5.75 Å². The third kappa shape index (κ3) is 4.05. The van der Waals surface area contributed by atoms with Gasteiger partial charge in [0.05, 0.1) is 17.0 Å². The molecule has 0 aliphatic heterocycles. The molecule has 1 aliphatic carbocycles. The molecule has 1 atom stereocenters. The van der Waals surface area contributed by atoms with Crippen LogP contribution in [0.25, 0.3) is 0 Å². The zero-order valence-corrected chi connectivity index (χ0v) is 14.9. The Labute approximate surface area is 140 Å². The van der Waals surface area contributed by atoms with Gasteiger partial charge in [0.25, 0.3) is 0 Å². The molecule has 1 aliphatic rings. The lowest BCUT2D eigenvalue weighted by Crippen LogP contribution is -2.11. The van der Waals surface area contributed by atoms with E-state index in [0.717, 1.165) is 15.8 Å². The van der Waals surface area contributed by atoms with E-state index >= 15 is 0 Å². The van der Waals surface area contributed by atoms with Crippen LogP contribution in [0.3, 0.4) is 0 Å². The molecule has 0 spiro atoms. The Balaban J connectivity index is 2.24.